The van der Waals surface area contributed by atoms with Crippen LogP contribution in [-0.4, -0.2) is 16.1 Å². The summed E-state index contributed by atoms with van der Waals surface area (Å²) in [7, 11) is 0. The Kier molecular flexibility index (Phi) is 3.87. The minimum atomic E-state index is -1.19. The predicted molar refractivity (Wildman–Crippen MR) is 70.9 cm³/mol. The molecule has 0 bridgehead atoms. The first kappa shape index (κ1) is 13.6. The summed E-state index contributed by atoms with van der Waals surface area (Å²) < 4.78 is 13.6. The zero-order valence-corrected chi connectivity index (χ0v) is 10.8. The molecule has 0 aliphatic heterocycles. The van der Waals surface area contributed by atoms with E-state index in [-0.39, 0.29) is 27.2 Å². The van der Waals surface area contributed by atoms with E-state index in [0.29, 0.717) is 0 Å². The first-order valence-corrected chi connectivity index (χ1v) is 5.85. The number of nitrogens with zero attached hydrogens (tertiary/aromatic N) is 1. The topological polar surface area (TPSA) is 62.2 Å². The fraction of sp³-hybridized carbons (Fsp3) is 0. The number of carbonyl (C=O) groups is 1. The predicted octanol–water partition coefficient (Wildman–Crippen LogP) is 3.97. The molecule has 0 saturated carbocycles. The van der Waals surface area contributed by atoms with Gasteiger partial charge >= 0.3 is 5.97 Å². The highest BCUT2D eigenvalue weighted by Gasteiger charge is 2.14. The third kappa shape index (κ3) is 3.13. The fourth-order valence-corrected chi connectivity index (χ4v) is 1.73. The van der Waals surface area contributed by atoms with Gasteiger partial charge in [-0.1, -0.05) is 23.2 Å². The van der Waals surface area contributed by atoms with Gasteiger partial charge in [0, 0.05) is 5.02 Å². The van der Waals surface area contributed by atoms with Crippen LogP contribution < -0.4 is 5.32 Å². The average Bonchev–Trinajstić information content (AvgIpc) is 2.32. The highest BCUT2D eigenvalue weighted by atomic mass is 35.5. The second-order valence-corrected chi connectivity index (χ2v) is 4.41. The molecule has 0 unspecified atom stereocenters. The van der Waals surface area contributed by atoms with Crippen molar-refractivity contribution in [1.29, 1.82) is 0 Å². The summed E-state index contributed by atoms with van der Waals surface area (Å²) in [6.07, 6.45) is 0. The number of hydrogen-bond acceptors (Lipinski definition) is 3. The lowest BCUT2D eigenvalue weighted by molar-refractivity contribution is 0.0697. The summed E-state index contributed by atoms with van der Waals surface area (Å²) in [6, 6.07) is 6.58. The Morgan fingerprint density at radius 1 is 1.26 bits per heavy atom. The van der Waals surface area contributed by atoms with Gasteiger partial charge in [-0.25, -0.2) is 14.2 Å². The molecular formula is C12H7Cl2FN2O2. The van der Waals surface area contributed by atoms with Crippen LogP contribution in [-0.2, 0) is 0 Å². The Labute approximate surface area is 117 Å². The number of nitrogens with one attached hydrogen (secondary N) is 1. The number of rotatable bonds is 3. The van der Waals surface area contributed by atoms with Crippen molar-refractivity contribution in [2.45, 2.75) is 0 Å². The summed E-state index contributed by atoms with van der Waals surface area (Å²) in [5.41, 5.74) is -0.0552. The molecule has 1 heterocycles. The first-order chi connectivity index (χ1) is 8.97. The van der Waals surface area contributed by atoms with E-state index in [1.165, 1.54) is 24.3 Å². The van der Waals surface area contributed by atoms with Crippen LogP contribution in [0.25, 0.3) is 0 Å². The highest BCUT2D eigenvalue weighted by Crippen LogP contribution is 2.25. The van der Waals surface area contributed by atoms with Gasteiger partial charge in [-0.15, -0.1) is 0 Å². The molecule has 98 valence electrons. The molecule has 19 heavy (non-hydrogen) atoms. The molecule has 0 spiro atoms. The molecule has 0 amide bonds. The summed E-state index contributed by atoms with van der Waals surface area (Å²) in [5, 5.41) is 11.9. The smallest absolute Gasteiger partial charge is 0.339 e. The molecule has 2 N–H and O–H groups in total. The second-order valence-electron chi connectivity index (χ2n) is 3.58. The Morgan fingerprint density at radius 2 is 2.00 bits per heavy atom. The van der Waals surface area contributed by atoms with Crippen molar-refractivity contribution in [2.24, 2.45) is 0 Å². The van der Waals surface area contributed by atoms with E-state index in [0.717, 1.165) is 6.07 Å². The van der Waals surface area contributed by atoms with Gasteiger partial charge in [0.05, 0.1) is 5.69 Å². The maximum absolute atomic E-state index is 13.6. The molecule has 0 aliphatic carbocycles. The molecule has 2 aromatic rings. The normalized spacial score (nSPS) is 10.3. The van der Waals surface area contributed by atoms with Crippen LogP contribution in [0.4, 0.5) is 15.9 Å². The SMILES string of the molecule is O=C(O)c1ccc(Cl)nc1Nc1ccc(Cl)cc1F. The molecule has 0 saturated heterocycles. The van der Waals surface area contributed by atoms with Crippen molar-refractivity contribution in [3.8, 4) is 0 Å². The van der Waals surface area contributed by atoms with Crippen LogP contribution >= 0.6 is 23.2 Å². The van der Waals surface area contributed by atoms with Gasteiger partial charge in [0.25, 0.3) is 0 Å². The number of carboxylic acid groups (broad SMARTS) is 1. The van der Waals surface area contributed by atoms with Gasteiger partial charge in [0.1, 0.15) is 22.4 Å². The molecule has 0 atom stereocenters. The van der Waals surface area contributed by atoms with Gasteiger partial charge in [0.15, 0.2) is 0 Å². The van der Waals surface area contributed by atoms with Crippen molar-refractivity contribution in [3.63, 3.8) is 0 Å². The third-order valence-corrected chi connectivity index (χ3v) is 2.72. The van der Waals surface area contributed by atoms with Gasteiger partial charge in [-0.05, 0) is 30.3 Å². The van der Waals surface area contributed by atoms with Crippen LogP contribution in [0.15, 0.2) is 30.3 Å². The Balaban J connectivity index is 2.42. The second kappa shape index (κ2) is 5.42. The van der Waals surface area contributed by atoms with Crippen LogP contribution in [0.3, 0.4) is 0 Å². The van der Waals surface area contributed by atoms with Gasteiger partial charge < -0.3 is 10.4 Å². The molecule has 0 radical (unpaired) electrons. The molecule has 4 nitrogen and oxygen atoms in total. The quantitative estimate of drug-likeness (QED) is 0.842. The van der Waals surface area contributed by atoms with Crippen molar-refractivity contribution >= 4 is 40.7 Å². The van der Waals surface area contributed by atoms with E-state index < -0.39 is 11.8 Å². The van der Waals surface area contributed by atoms with Crippen molar-refractivity contribution in [1.82, 2.24) is 4.98 Å². The highest BCUT2D eigenvalue weighted by molar-refractivity contribution is 6.30. The molecule has 0 fully saturated rings. The first-order valence-electron chi connectivity index (χ1n) is 5.09. The zero-order chi connectivity index (χ0) is 14.0. The Hall–Kier alpha value is -1.85. The van der Waals surface area contributed by atoms with Gasteiger partial charge in [0.2, 0.25) is 0 Å². The van der Waals surface area contributed by atoms with E-state index in [1.54, 1.807) is 0 Å². The van der Waals surface area contributed by atoms with Crippen LogP contribution in [0.1, 0.15) is 10.4 Å². The van der Waals surface area contributed by atoms with E-state index in [2.05, 4.69) is 10.3 Å². The lowest BCUT2D eigenvalue weighted by Crippen LogP contribution is -2.05. The number of aromatic nitrogens is 1. The summed E-state index contributed by atoms with van der Waals surface area (Å²) in [5.74, 6) is -1.85. The molecular weight excluding hydrogens is 294 g/mol. The monoisotopic (exact) mass is 300 g/mol. The van der Waals surface area contributed by atoms with Crippen LogP contribution in [0.2, 0.25) is 10.2 Å². The largest absolute Gasteiger partial charge is 0.478 e. The number of hydrogen-bond donors (Lipinski definition) is 2. The Bertz CT molecular complexity index is 650. The van der Waals surface area contributed by atoms with E-state index in [1.807, 2.05) is 0 Å². The molecule has 2 rings (SSSR count). The van der Waals surface area contributed by atoms with Gasteiger partial charge in [-0.3, -0.25) is 0 Å². The average molecular weight is 301 g/mol. The molecule has 1 aromatic carbocycles. The Morgan fingerprint density at radius 3 is 2.63 bits per heavy atom. The van der Waals surface area contributed by atoms with Gasteiger partial charge in [-0.2, -0.15) is 0 Å². The van der Waals surface area contributed by atoms with Crippen molar-refractivity contribution in [3.05, 3.63) is 51.9 Å². The number of carboxylic acids is 1. The fourth-order valence-electron chi connectivity index (χ4n) is 1.42. The van der Waals surface area contributed by atoms with Crippen molar-refractivity contribution in [2.75, 3.05) is 5.32 Å². The number of pyridine rings is 1. The third-order valence-electron chi connectivity index (χ3n) is 2.28. The summed E-state index contributed by atoms with van der Waals surface area (Å²) in [4.78, 5) is 14.9. The minimum absolute atomic E-state index is 0.0405. The lowest BCUT2D eigenvalue weighted by Gasteiger charge is -2.09. The maximum Gasteiger partial charge on any atom is 0.339 e. The molecule has 7 heteroatoms. The number of halogens is 3. The zero-order valence-electron chi connectivity index (χ0n) is 9.32. The summed E-state index contributed by atoms with van der Waals surface area (Å²) >= 11 is 11.3. The minimum Gasteiger partial charge on any atom is -0.478 e. The molecule has 1 aromatic heterocycles. The number of aromatic carboxylic acids is 1. The lowest BCUT2D eigenvalue weighted by atomic mass is 10.2. The van der Waals surface area contributed by atoms with E-state index in [9.17, 15) is 9.18 Å². The number of anilines is 2. The number of benzene rings is 1. The van der Waals surface area contributed by atoms with Crippen molar-refractivity contribution < 1.29 is 14.3 Å². The van der Waals surface area contributed by atoms with E-state index in [4.69, 9.17) is 28.3 Å². The van der Waals surface area contributed by atoms with Crippen LogP contribution in [0.5, 0.6) is 0 Å². The summed E-state index contributed by atoms with van der Waals surface area (Å²) in [6.45, 7) is 0. The van der Waals surface area contributed by atoms with Crippen LogP contribution in [0, 0.1) is 5.82 Å². The van der Waals surface area contributed by atoms with E-state index >= 15 is 0 Å². The maximum atomic E-state index is 13.6. The standard InChI is InChI=1S/C12H7Cl2FN2O2/c13-6-1-3-9(8(15)5-6)16-11-7(12(18)19)2-4-10(14)17-11/h1-5H,(H,16,17)(H,18,19). The molecule has 0 aliphatic rings.